The summed E-state index contributed by atoms with van der Waals surface area (Å²) in [6.45, 7) is 0.107. The lowest BCUT2D eigenvalue weighted by molar-refractivity contribution is -0.461. The topological polar surface area (TPSA) is 88.1 Å². The SMILES string of the molecule is O=C(O)C=CC=Cc1ccc(CN(C(=O)Nc2ccc3c(c2)C(F)(F)OC(F)(F)O3)c2ccc(C3=CCCCC3)cc2)cc1. The highest BCUT2D eigenvalue weighted by Crippen LogP contribution is 2.47. The lowest BCUT2D eigenvalue weighted by Gasteiger charge is -2.31. The number of ether oxygens (including phenoxy) is 2. The fraction of sp³-hybridized carbons (Fsp3) is 0.212. The van der Waals surface area contributed by atoms with Crippen molar-refractivity contribution in [2.24, 2.45) is 0 Å². The van der Waals surface area contributed by atoms with E-state index in [4.69, 9.17) is 5.11 Å². The van der Waals surface area contributed by atoms with Crippen LogP contribution in [0.3, 0.4) is 0 Å². The number of allylic oxidation sites excluding steroid dienone is 4. The Balaban J connectivity index is 1.39. The summed E-state index contributed by atoms with van der Waals surface area (Å²) in [7, 11) is 0. The van der Waals surface area contributed by atoms with Gasteiger partial charge in [-0.25, -0.2) is 14.3 Å². The van der Waals surface area contributed by atoms with Gasteiger partial charge in [0.15, 0.2) is 0 Å². The van der Waals surface area contributed by atoms with E-state index in [0.717, 1.165) is 60.6 Å². The quantitative estimate of drug-likeness (QED) is 0.152. The first-order chi connectivity index (χ1) is 21.0. The minimum absolute atomic E-state index is 0.0743. The van der Waals surface area contributed by atoms with Crippen molar-refractivity contribution in [1.82, 2.24) is 0 Å². The number of nitrogens with zero attached hydrogens (tertiary/aromatic N) is 1. The molecule has 5 rings (SSSR count). The summed E-state index contributed by atoms with van der Waals surface area (Å²) in [5, 5.41) is 11.3. The maximum atomic E-state index is 14.3. The average molecular weight is 609 g/mol. The number of hydrogen-bond acceptors (Lipinski definition) is 4. The van der Waals surface area contributed by atoms with Gasteiger partial charge in [0, 0.05) is 17.5 Å². The molecule has 0 saturated carbocycles. The Bertz CT molecular complexity index is 1620. The third-order valence-corrected chi connectivity index (χ3v) is 7.07. The Labute approximate surface area is 250 Å². The molecule has 44 heavy (non-hydrogen) atoms. The Morgan fingerprint density at radius 1 is 0.955 bits per heavy atom. The van der Waals surface area contributed by atoms with Gasteiger partial charge in [0.05, 0.1) is 12.1 Å². The first-order valence-electron chi connectivity index (χ1n) is 13.8. The second-order valence-corrected chi connectivity index (χ2v) is 10.2. The number of aliphatic carboxylic acids is 1. The van der Waals surface area contributed by atoms with Gasteiger partial charge in [0.25, 0.3) is 0 Å². The van der Waals surface area contributed by atoms with Crippen LogP contribution < -0.4 is 15.0 Å². The van der Waals surface area contributed by atoms with Crippen molar-refractivity contribution in [3.8, 4) is 5.75 Å². The van der Waals surface area contributed by atoms with Gasteiger partial charge >= 0.3 is 24.4 Å². The predicted octanol–water partition coefficient (Wildman–Crippen LogP) is 8.55. The fourth-order valence-corrected chi connectivity index (χ4v) is 4.93. The number of urea groups is 1. The van der Waals surface area contributed by atoms with Crippen molar-refractivity contribution in [2.75, 3.05) is 10.2 Å². The van der Waals surface area contributed by atoms with Crippen LogP contribution in [0.15, 0.2) is 91.0 Å². The molecule has 0 atom stereocenters. The van der Waals surface area contributed by atoms with Gasteiger partial charge < -0.3 is 15.2 Å². The Morgan fingerprint density at radius 3 is 2.39 bits per heavy atom. The molecule has 0 bridgehead atoms. The number of carbonyl (C=O) groups is 2. The lowest BCUT2D eigenvalue weighted by atomic mass is 9.93. The molecule has 11 heteroatoms. The summed E-state index contributed by atoms with van der Waals surface area (Å²) in [5.74, 6) is -1.82. The molecule has 3 aromatic rings. The number of halogens is 4. The van der Waals surface area contributed by atoms with Crippen molar-refractivity contribution >= 4 is 35.0 Å². The van der Waals surface area contributed by atoms with E-state index in [1.54, 1.807) is 48.6 Å². The summed E-state index contributed by atoms with van der Waals surface area (Å²) >= 11 is 0. The number of rotatable bonds is 8. The predicted molar refractivity (Wildman–Crippen MR) is 157 cm³/mol. The number of carbonyl (C=O) groups excluding carboxylic acids is 1. The number of carboxylic acid groups (broad SMARTS) is 1. The summed E-state index contributed by atoms with van der Waals surface area (Å²) < 4.78 is 63.3. The zero-order valence-corrected chi connectivity index (χ0v) is 23.3. The van der Waals surface area contributed by atoms with Crippen LogP contribution in [0.5, 0.6) is 5.75 Å². The van der Waals surface area contributed by atoms with E-state index in [1.807, 2.05) is 12.1 Å². The summed E-state index contributed by atoms with van der Waals surface area (Å²) in [6, 6.07) is 17.0. The van der Waals surface area contributed by atoms with Crippen LogP contribution in [0.25, 0.3) is 11.6 Å². The molecule has 2 N–H and O–H groups in total. The first-order valence-corrected chi connectivity index (χ1v) is 13.8. The minimum Gasteiger partial charge on any atom is -0.478 e. The van der Waals surface area contributed by atoms with Crippen molar-refractivity contribution < 1.29 is 41.7 Å². The van der Waals surface area contributed by atoms with E-state index in [1.165, 1.54) is 22.6 Å². The molecular formula is C33H28F4N2O5. The molecule has 0 saturated heterocycles. The van der Waals surface area contributed by atoms with E-state index in [9.17, 15) is 27.2 Å². The normalized spacial score (nSPS) is 17.0. The second-order valence-electron chi connectivity index (χ2n) is 10.2. The number of amides is 2. The maximum absolute atomic E-state index is 14.3. The number of benzene rings is 3. The van der Waals surface area contributed by atoms with Crippen LogP contribution in [0.4, 0.5) is 33.7 Å². The number of hydrogen-bond donors (Lipinski definition) is 2. The minimum atomic E-state index is -4.50. The molecule has 1 aliphatic carbocycles. The number of fused-ring (bicyclic) bond motifs is 1. The van der Waals surface area contributed by atoms with E-state index >= 15 is 0 Å². The van der Waals surface area contributed by atoms with E-state index in [-0.39, 0.29) is 12.2 Å². The highest BCUT2D eigenvalue weighted by molar-refractivity contribution is 6.02. The van der Waals surface area contributed by atoms with Gasteiger partial charge in [-0.1, -0.05) is 60.7 Å². The van der Waals surface area contributed by atoms with Crippen molar-refractivity contribution in [2.45, 2.75) is 44.6 Å². The zero-order chi connectivity index (χ0) is 31.3. The number of anilines is 2. The van der Waals surface area contributed by atoms with Crippen LogP contribution in [0, 0.1) is 0 Å². The Morgan fingerprint density at radius 2 is 1.70 bits per heavy atom. The molecule has 7 nitrogen and oxygen atoms in total. The Hall–Kier alpha value is -4.90. The molecule has 0 aromatic heterocycles. The molecule has 0 radical (unpaired) electrons. The third-order valence-electron chi connectivity index (χ3n) is 7.07. The van der Waals surface area contributed by atoms with Crippen molar-refractivity contribution in [1.29, 1.82) is 0 Å². The molecular weight excluding hydrogens is 580 g/mol. The maximum Gasteiger partial charge on any atom is 0.540 e. The smallest absolute Gasteiger partial charge is 0.478 e. The monoisotopic (exact) mass is 608 g/mol. The summed E-state index contributed by atoms with van der Waals surface area (Å²) in [5.41, 5.74) is 3.36. The molecule has 228 valence electrons. The second kappa shape index (κ2) is 12.8. The number of alkyl halides is 4. The van der Waals surface area contributed by atoms with Gasteiger partial charge in [-0.15, -0.1) is 8.78 Å². The molecule has 3 aromatic carbocycles. The van der Waals surface area contributed by atoms with Gasteiger partial charge in [-0.3, -0.25) is 4.90 Å². The average Bonchev–Trinajstić information content (AvgIpc) is 2.99. The highest BCUT2D eigenvalue weighted by atomic mass is 19.3. The van der Waals surface area contributed by atoms with Crippen LogP contribution in [0.2, 0.25) is 0 Å². The van der Waals surface area contributed by atoms with Gasteiger partial charge in [-0.05, 0) is 78.3 Å². The van der Waals surface area contributed by atoms with Crippen molar-refractivity contribution in [3.05, 3.63) is 113 Å². The van der Waals surface area contributed by atoms with Gasteiger partial charge in [-0.2, -0.15) is 8.78 Å². The molecule has 1 heterocycles. The first kappa shape index (κ1) is 30.6. The molecule has 0 spiro atoms. The third kappa shape index (κ3) is 7.54. The highest BCUT2D eigenvalue weighted by Gasteiger charge is 2.54. The van der Waals surface area contributed by atoms with E-state index in [0.29, 0.717) is 5.69 Å². The standard InChI is InChI=1S/C33H28F4N2O5/c34-32(35)28-20-26(16-19-29(28)43-33(36,37)44-32)38-31(42)39(27-17-14-25(15-18-27)24-7-2-1-3-8-24)21-23-12-10-22(11-13-23)6-4-5-9-30(40)41/h4-7,9-20H,1-3,8,21H2,(H,38,42)(H,40,41). The van der Waals surface area contributed by atoms with Crippen molar-refractivity contribution in [3.63, 3.8) is 0 Å². The van der Waals surface area contributed by atoms with Crippen LogP contribution in [0.1, 0.15) is 47.9 Å². The summed E-state index contributed by atoms with van der Waals surface area (Å²) in [6.07, 6.45) is 3.33. The van der Waals surface area contributed by atoms with E-state index < -0.39 is 35.7 Å². The molecule has 2 amide bonds. The molecule has 1 aliphatic heterocycles. The van der Waals surface area contributed by atoms with Crippen LogP contribution in [-0.4, -0.2) is 23.4 Å². The lowest BCUT2D eigenvalue weighted by Crippen LogP contribution is -2.41. The largest absolute Gasteiger partial charge is 0.540 e. The van der Waals surface area contributed by atoms with Crippen LogP contribution >= 0.6 is 0 Å². The molecule has 0 fully saturated rings. The van der Waals surface area contributed by atoms with E-state index in [2.05, 4.69) is 20.9 Å². The van der Waals surface area contributed by atoms with Gasteiger partial charge in [0.1, 0.15) is 5.75 Å². The Kier molecular flexibility index (Phi) is 8.86. The summed E-state index contributed by atoms with van der Waals surface area (Å²) in [4.78, 5) is 25.7. The number of carboxylic acids is 1. The van der Waals surface area contributed by atoms with Gasteiger partial charge in [0.2, 0.25) is 0 Å². The molecule has 0 unspecified atom stereocenters. The van der Waals surface area contributed by atoms with Crippen LogP contribution in [-0.2, 0) is 22.2 Å². The zero-order valence-electron chi connectivity index (χ0n) is 23.3. The fourth-order valence-electron chi connectivity index (χ4n) is 4.93. The number of nitrogens with one attached hydrogen (secondary N) is 1. The molecule has 2 aliphatic rings.